The van der Waals surface area contributed by atoms with Crippen LogP contribution in [-0.2, 0) is 11.3 Å². The van der Waals surface area contributed by atoms with Crippen molar-refractivity contribution in [2.75, 3.05) is 39.5 Å². The van der Waals surface area contributed by atoms with E-state index < -0.39 is 14.5 Å². The molecule has 0 aromatic heterocycles. The van der Waals surface area contributed by atoms with E-state index in [9.17, 15) is 0 Å². The van der Waals surface area contributed by atoms with E-state index in [0.717, 1.165) is 42.9 Å². The summed E-state index contributed by atoms with van der Waals surface area (Å²) in [5, 5.41) is 0. The molecule has 3 fully saturated rings. The molecular weight excluding hydrogens is 207 g/mol. The van der Waals surface area contributed by atoms with Gasteiger partial charge in [-0.15, -0.1) is 0 Å². The Bertz CT molecular complexity index is 151. The van der Waals surface area contributed by atoms with Crippen molar-refractivity contribution >= 4 is 14.5 Å². The molecule has 11 heavy (non-hydrogen) atoms. The predicted molar refractivity (Wildman–Crippen MR) is 38.5 cm³/mol. The molecule has 0 atom stereocenters. The van der Waals surface area contributed by atoms with Gasteiger partial charge in [-0.25, -0.2) is 0 Å². The molecule has 0 spiro atoms. The van der Waals surface area contributed by atoms with Crippen molar-refractivity contribution in [2.45, 2.75) is 0 Å². The van der Waals surface area contributed by atoms with E-state index in [1.54, 1.807) is 0 Å². The summed E-state index contributed by atoms with van der Waals surface area (Å²) >= 11 is -2.67. The van der Waals surface area contributed by atoms with Gasteiger partial charge in [0.1, 0.15) is 0 Å². The Hall–Kier alpha value is 0.383. The number of rotatable bonds is 0. The van der Waals surface area contributed by atoms with Crippen molar-refractivity contribution in [1.82, 2.24) is 0 Å². The summed E-state index contributed by atoms with van der Waals surface area (Å²) in [6.45, 7) is 6.00. The summed E-state index contributed by atoms with van der Waals surface area (Å²) in [6, 6.07) is 0. The summed E-state index contributed by atoms with van der Waals surface area (Å²) in [4.78, 5) is 0. The first-order valence-corrected chi connectivity index (χ1v) is 7.66. The summed E-state index contributed by atoms with van der Waals surface area (Å²) in [5.41, 5.74) is 0. The maximum atomic E-state index is 5.69. The molecule has 0 aliphatic carbocycles. The van der Waals surface area contributed by atoms with Gasteiger partial charge < -0.3 is 0 Å². The number of hydrogen-bond donors (Lipinski definition) is 0. The van der Waals surface area contributed by atoms with Crippen molar-refractivity contribution < 1.29 is 14.7 Å². The third-order valence-electron chi connectivity index (χ3n) is 2.99. The quantitative estimate of drug-likeness (QED) is 0.505. The number of nitrogens with zero attached hydrogens (tertiary/aromatic N) is 1. The molecule has 0 bridgehead atoms. The van der Waals surface area contributed by atoms with E-state index in [1.807, 2.05) is 0 Å². The van der Waals surface area contributed by atoms with Gasteiger partial charge in [0.25, 0.3) is 0 Å². The molecule has 0 amide bonds. The Morgan fingerprint density at radius 2 is 1.27 bits per heavy atom. The van der Waals surface area contributed by atoms with Crippen LogP contribution in [0.15, 0.2) is 0 Å². The fourth-order valence-corrected chi connectivity index (χ4v) is 9.07. The summed E-state index contributed by atoms with van der Waals surface area (Å²) in [7, 11) is 0. The van der Waals surface area contributed by atoms with E-state index >= 15 is 0 Å². The second kappa shape index (κ2) is 2.00. The van der Waals surface area contributed by atoms with Crippen LogP contribution in [0.4, 0.5) is 0 Å². The van der Waals surface area contributed by atoms with E-state index in [2.05, 4.69) is 0 Å². The van der Waals surface area contributed by atoms with E-state index in [4.69, 9.17) is 11.3 Å². The average Bonchev–Trinajstić information content (AvgIpc) is 2.40. The van der Waals surface area contributed by atoms with Gasteiger partial charge in [0, 0.05) is 0 Å². The number of quaternary nitrogens is 1. The molecule has 3 aliphatic rings. The molecule has 3 heterocycles. The molecule has 62 valence electrons. The molecule has 0 aromatic rings. The van der Waals surface area contributed by atoms with Crippen LogP contribution in [0.1, 0.15) is 0 Å². The minimum absolute atomic E-state index is 0.861. The Kier molecular flexibility index (Phi) is 1.25. The van der Waals surface area contributed by atoms with Gasteiger partial charge in [-0.05, 0) is 0 Å². The van der Waals surface area contributed by atoms with Crippen LogP contribution >= 0.6 is 0 Å². The van der Waals surface area contributed by atoms with Crippen molar-refractivity contribution in [2.24, 2.45) is 0 Å². The van der Waals surface area contributed by atoms with Crippen LogP contribution in [0.25, 0.3) is 0 Å². The summed E-state index contributed by atoms with van der Waals surface area (Å²) in [5.74, 6) is 0. The van der Waals surface area contributed by atoms with Crippen LogP contribution in [0.5, 0.6) is 0 Å². The second-order valence-corrected chi connectivity index (χ2v) is 9.39. The van der Waals surface area contributed by atoms with Gasteiger partial charge >= 0.3 is 68.7 Å². The molecule has 3 saturated heterocycles. The van der Waals surface area contributed by atoms with Crippen molar-refractivity contribution in [3.05, 3.63) is 0 Å². The summed E-state index contributed by atoms with van der Waals surface area (Å²) in [6.07, 6.45) is 0. The molecule has 0 saturated carbocycles. The Morgan fingerprint density at radius 3 is 1.64 bits per heavy atom. The standard InChI is InChI=1S/C6H12GeNO3/c1-4-9-7-8(1,2-5-10-7)3-6-11-7/h1-6H2/q+1. The summed E-state index contributed by atoms with van der Waals surface area (Å²) < 4.78 is 18.2. The SMILES string of the molecule is C1C[N+]23CC[O][Ge]2([O]1)[O]CC3. The first-order chi connectivity index (χ1) is 5.37. The van der Waals surface area contributed by atoms with Crippen molar-refractivity contribution in [1.29, 1.82) is 0 Å². The monoisotopic (exact) mass is 220 g/mol. The fourth-order valence-electron chi connectivity index (χ4n) is 2.33. The molecule has 0 radical (unpaired) electrons. The van der Waals surface area contributed by atoms with Crippen molar-refractivity contribution in [3.63, 3.8) is 0 Å². The first kappa shape index (κ1) is 6.85. The van der Waals surface area contributed by atoms with Gasteiger partial charge in [-0.1, -0.05) is 0 Å². The molecule has 5 heteroatoms. The van der Waals surface area contributed by atoms with E-state index in [0.29, 0.717) is 0 Å². The molecule has 0 aromatic carbocycles. The normalized spacial score (nSPS) is 54.5. The Labute approximate surface area is 69.2 Å². The van der Waals surface area contributed by atoms with Crippen LogP contribution < -0.4 is 0 Å². The van der Waals surface area contributed by atoms with Crippen LogP contribution in [0.2, 0.25) is 0 Å². The predicted octanol–water partition coefficient (Wildman–Crippen LogP) is -0.671. The average molecular weight is 219 g/mol. The Morgan fingerprint density at radius 1 is 0.818 bits per heavy atom. The van der Waals surface area contributed by atoms with Crippen LogP contribution in [-0.4, -0.2) is 57.4 Å². The van der Waals surface area contributed by atoms with Gasteiger partial charge in [-0.3, -0.25) is 0 Å². The van der Waals surface area contributed by atoms with E-state index in [-0.39, 0.29) is 0 Å². The van der Waals surface area contributed by atoms with Crippen LogP contribution in [0.3, 0.4) is 0 Å². The van der Waals surface area contributed by atoms with E-state index in [1.165, 1.54) is 0 Å². The molecule has 3 aliphatic heterocycles. The van der Waals surface area contributed by atoms with Crippen molar-refractivity contribution in [3.8, 4) is 0 Å². The van der Waals surface area contributed by atoms with Crippen LogP contribution in [0, 0.1) is 0 Å². The maximum absolute atomic E-state index is 5.69. The minimum atomic E-state index is -2.67. The second-order valence-electron chi connectivity index (χ2n) is 3.39. The van der Waals surface area contributed by atoms with Gasteiger partial charge in [-0.2, -0.15) is 0 Å². The molecule has 0 N–H and O–H groups in total. The van der Waals surface area contributed by atoms with Gasteiger partial charge in [0.15, 0.2) is 0 Å². The van der Waals surface area contributed by atoms with Gasteiger partial charge in [0.2, 0.25) is 0 Å². The number of hydrogen-bond acceptors (Lipinski definition) is 3. The third kappa shape index (κ3) is 0.655. The third-order valence-corrected chi connectivity index (χ3v) is 10.4. The molecule has 4 nitrogen and oxygen atoms in total. The molecule has 0 unspecified atom stereocenters. The molecular formula is C6H12GeNO3+. The zero-order chi connectivity index (χ0) is 7.36. The first-order valence-electron chi connectivity index (χ1n) is 4.15. The van der Waals surface area contributed by atoms with Gasteiger partial charge in [0.05, 0.1) is 0 Å². The topological polar surface area (TPSA) is 27.7 Å². The zero-order valence-corrected chi connectivity index (χ0v) is 8.51. The zero-order valence-electron chi connectivity index (χ0n) is 6.41. The molecule has 3 rings (SSSR count). The Balaban J connectivity index is 2.06. The fraction of sp³-hybridized carbons (Fsp3) is 1.00.